The first-order chi connectivity index (χ1) is 11.8. The third kappa shape index (κ3) is 4.90. The molecule has 1 N–H and O–H groups in total. The highest BCUT2D eigenvalue weighted by Gasteiger charge is 2.10. The minimum Gasteiger partial charge on any atom is -0.379 e. The van der Waals surface area contributed by atoms with Crippen LogP contribution in [0.1, 0.15) is 22.3 Å². The van der Waals surface area contributed by atoms with Crippen LogP contribution in [0.15, 0.2) is 48.5 Å². The third-order valence-corrected chi connectivity index (χ3v) is 4.24. The lowest BCUT2D eigenvalue weighted by atomic mass is 10.1. The van der Waals surface area contributed by atoms with Gasteiger partial charge in [0, 0.05) is 32.7 Å². The van der Waals surface area contributed by atoms with Gasteiger partial charge in [-0.25, -0.2) is 0 Å². The Kier molecular flexibility index (Phi) is 5.97. The van der Waals surface area contributed by atoms with Crippen LogP contribution in [-0.4, -0.2) is 31.2 Å². The summed E-state index contributed by atoms with van der Waals surface area (Å²) in [5.41, 5.74) is 4.55. The highest BCUT2D eigenvalue weighted by atomic mass is 16.5. The van der Waals surface area contributed by atoms with Crippen molar-refractivity contribution >= 4 is 0 Å². The second kappa shape index (κ2) is 8.60. The first kappa shape index (κ1) is 16.7. The van der Waals surface area contributed by atoms with Gasteiger partial charge in [0.2, 0.25) is 0 Å². The number of morpholine rings is 1. The van der Waals surface area contributed by atoms with Gasteiger partial charge in [0.1, 0.15) is 0 Å². The van der Waals surface area contributed by atoms with Crippen molar-refractivity contribution in [2.24, 2.45) is 0 Å². The van der Waals surface area contributed by atoms with Crippen LogP contribution in [0.2, 0.25) is 0 Å². The van der Waals surface area contributed by atoms with Gasteiger partial charge in [0.15, 0.2) is 0 Å². The Balaban J connectivity index is 1.49. The summed E-state index contributed by atoms with van der Waals surface area (Å²) in [7, 11) is 0. The molecule has 124 valence electrons. The number of rotatable bonds is 6. The van der Waals surface area contributed by atoms with E-state index < -0.39 is 0 Å². The maximum atomic E-state index is 8.82. The van der Waals surface area contributed by atoms with Crippen LogP contribution < -0.4 is 5.32 Å². The zero-order chi connectivity index (χ0) is 16.6. The predicted octanol–water partition coefficient (Wildman–Crippen LogP) is 2.68. The van der Waals surface area contributed by atoms with E-state index in [0.29, 0.717) is 5.56 Å². The molecule has 0 radical (unpaired) electrons. The molecule has 4 nitrogen and oxygen atoms in total. The molecule has 4 heteroatoms. The normalized spacial score (nSPS) is 15.1. The van der Waals surface area contributed by atoms with E-state index in [4.69, 9.17) is 10.00 Å². The van der Waals surface area contributed by atoms with Crippen LogP contribution in [0.4, 0.5) is 0 Å². The van der Waals surface area contributed by atoms with Crippen molar-refractivity contribution in [2.45, 2.75) is 19.6 Å². The summed E-state index contributed by atoms with van der Waals surface area (Å²) in [5, 5.41) is 12.3. The summed E-state index contributed by atoms with van der Waals surface area (Å²) in [4.78, 5) is 2.44. The molecule has 0 aliphatic carbocycles. The van der Waals surface area contributed by atoms with Crippen LogP contribution >= 0.6 is 0 Å². The Morgan fingerprint density at radius 1 is 0.958 bits per heavy atom. The summed E-state index contributed by atoms with van der Waals surface area (Å²) < 4.78 is 5.40. The Morgan fingerprint density at radius 3 is 2.42 bits per heavy atom. The molecule has 1 aliphatic heterocycles. The molecule has 0 unspecified atom stereocenters. The van der Waals surface area contributed by atoms with Gasteiger partial charge in [-0.15, -0.1) is 0 Å². The standard InChI is InChI=1S/C20H23N3O/c21-13-17-4-6-18(7-5-17)14-22-15-19-2-1-3-20(12-19)16-23-8-10-24-11-9-23/h1-7,12,22H,8-11,14-16H2. The maximum Gasteiger partial charge on any atom is 0.0991 e. The Labute approximate surface area is 143 Å². The lowest BCUT2D eigenvalue weighted by Crippen LogP contribution is -2.35. The minimum absolute atomic E-state index is 0.703. The van der Waals surface area contributed by atoms with E-state index in [2.05, 4.69) is 40.6 Å². The highest BCUT2D eigenvalue weighted by Crippen LogP contribution is 2.10. The van der Waals surface area contributed by atoms with Gasteiger partial charge >= 0.3 is 0 Å². The average Bonchev–Trinajstić information content (AvgIpc) is 2.63. The van der Waals surface area contributed by atoms with E-state index >= 15 is 0 Å². The summed E-state index contributed by atoms with van der Waals surface area (Å²) in [6.07, 6.45) is 0. The molecule has 0 bridgehead atoms. The summed E-state index contributed by atoms with van der Waals surface area (Å²) >= 11 is 0. The minimum atomic E-state index is 0.703. The first-order valence-corrected chi connectivity index (χ1v) is 8.41. The van der Waals surface area contributed by atoms with Gasteiger partial charge < -0.3 is 10.1 Å². The smallest absolute Gasteiger partial charge is 0.0991 e. The zero-order valence-electron chi connectivity index (χ0n) is 13.9. The molecule has 0 aromatic heterocycles. The molecule has 2 aromatic rings. The van der Waals surface area contributed by atoms with Gasteiger partial charge in [-0.2, -0.15) is 5.26 Å². The van der Waals surface area contributed by atoms with E-state index in [-0.39, 0.29) is 0 Å². The Hall–Kier alpha value is -2.19. The second-order valence-electron chi connectivity index (χ2n) is 6.12. The van der Waals surface area contributed by atoms with Crippen LogP contribution in [0, 0.1) is 11.3 Å². The fourth-order valence-corrected chi connectivity index (χ4v) is 2.90. The van der Waals surface area contributed by atoms with E-state index in [0.717, 1.165) is 45.9 Å². The van der Waals surface area contributed by atoms with Crippen molar-refractivity contribution in [1.29, 1.82) is 5.26 Å². The highest BCUT2D eigenvalue weighted by molar-refractivity contribution is 5.31. The van der Waals surface area contributed by atoms with Crippen molar-refractivity contribution in [3.63, 3.8) is 0 Å². The maximum absolute atomic E-state index is 8.82. The van der Waals surface area contributed by atoms with Crippen molar-refractivity contribution in [1.82, 2.24) is 10.2 Å². The van der Waals surface area contributed by atoms with Crippen LogP contribution in [0.3, 0.4) is 0 Å². The largest absolute Gasteiger partial charge is 0.379 e. The van der Waals surface area contributed by atoms with Gasteiger partial charge in [-0.3, -0.25) is 4.90 Å². The van der Waals surface area contributed by atoms with Crippen molar-refractivity contribution in [3.8, 4) is 6.07 Å². The van der Waals surface area contributed by atoms with Gasteiger partial charge in [-0.05, 0) is 28.8 Å². The van der Waals surface area contributed by atoms with E-state index in [1.807, 2.05) is 24.3 Å². The predicted molar refractivity (Wildman–Crippen MR) is 94.2 cm³/mol. The average molecular weight is 321 g/mol. The van der Waals surface area contributed by atoms with E-state index in [1.54, 1.807) is 0 Å². The Morgan fingerprint density at radius 2 is 1.67 bits per heavy atom. The number of nitrogens with zero attached hydrogens (tertiary/aromatic N) is 2. The number of ether oxygens (including phenoxy) is 1. The topological polar surface area (TPSA) is 48.3 Å². The molecular formula is C20H23N3O. The molecule has 24 heavy (non-hydrogen) atoms. The second-order valence-corrected chi connectivity index (χ2v) is 6.12. The molecule has 0 atom stereocenters. The lowest BCUT2D eigenvalue weighted by Gasteiger charge is -2.26. The molecule has 1 aliphatic rings. The number of benzene rings is 2. The van der Waals surface area contributed by atoms with Crippen LogP contribution in [-0.2, 0) is 24.4 Å². The molecule has 0 amide bonds. The summed E-state index contributed by atoms with van der Waals surface area (Å²) in [6.45, 7) is 6.35. The number of hydrogen-bond acceptors (Lipinski definition) is 4. The lowest BCUT2D eigenvalue weighted by molar-refractivity contribution is 0.0342. The SMILES string of the molecule is N#Cc1ccc(CNCc2cccc(CN3CCOCC3)c2)cc1. The molecule has 1 heterocycles. The van der Waals surface area contributed by atoms with Crippen LogP contribution in [0.5, 0.6) is 0 Å². The third-order valence-electron chi connectivity index (χ3n) is 4.24. The van der Waals surface area contributed by atoms with Gasteiger partial charge in [0.05, 0.1) is 24.8 Å². The van der Waals surface area contributed by atoms with Crippen molar-refractivity contribution < 1.29 is 4.74 Å². The quantitative estimate of drug-likeness (QED) is 0.889. The first-order valence-electron chi connectivity index (χ1n) is 8.41. The monoisotopic (exact) mass is 321 g/mol. The van der Waals surface area contributed by atoms with Gasteiger partial charge in [-0.1, -0.05) is 36.4 Å². The zero-order valence-corrected chi connectivity index (χ0v) is 13.9. The Bertz CT molecular complexity index is 685. The van der Waals surface area contributed by atoms with Crippen molar-refractivity contribution in [2.75, 3.05) is 26.3 Å². The fourth-order valence-electron chi connectivity index (χ4n) is 2.90. The molecule has 1 fully saturated rings. The van der Waals surface area contributed by atoms with Crippen LogP contribution in [0.25, 0.3) is 0 Å². The number of hydrogen-bond donors (Lipinski definition) is 1. The molecule has 3 rings (SSSR count). The van der Waals surface area contributed by atoms with Crippen molar-refractivity contribution in [3.05, 3.63) is 70.8 Å². The molecular weight excluding hydrogens is 298 g/mol. The van der Waals surface area contributed by atoms with E-state index in [1.165, 1.54) is 16.7 Å². The molecule has 2 aromatic carbocycles. The molecule has 1 saturated heterocycles. The van der Waals surface area contributed by atoms with E-state index in [9.17, 15) is 0 Å². The fraction of sp³-hybridized carbons (Fsp3) is 0.350. The molecule has 0 spiro atoms. The summed E-state index contributed by atoms with van der Waals surface area (Å²) in [5.74, 6) is 0. The number of nitriles is 1. The van der Waals surface area contributed by atoms with Gasteiger partial charge in [0.25, 0.3) is 0 Å². The number of nitrogens with one attached hydrogen (secondary N) is 1. The summed E-state index contributed by atoms with van der Waals surface area (Å²) in [6, 6.07) is 18.6. The molecule has 0 saturated carbocycles.